The van der Waals surface area contributed by atoms with Gasteiger partial charge in [0.1, 0.15) is 0 Å². The number of carbonyl (C=O) groups is 1. The van der Waals surface area contributed by atoms with Crippen LogP contribution in [0, 0.1) is 11.8 Å². The Bertz CT molecular complexity index is 745. The average Bonchev–Trinajstić information content (AvgIpc) is 3.33. The quantitative estimate of drug-likeness (QED) is 0.844. The van der Waals surface area contributed by atoms with Gasteiger partial charge in [-0.05, 0) is 42.9 Å². The van der Waals surface area contributed by atoms with Crippen LogP contribution in [0.5, 0.6) is 0 Å². The number of fused-ring (bicyclic) bond motifs is 1. The van der Waals surface area contributed by atoms with Crippen LogP contribution in [0.4, 0.5) is 0 Å². The van der Waals surface area contributed by atoms with Crippen molar-refractivity contribution in [2.45, 2.75) is 38.5 Å². The van der Waals surface area contributed by atoms with Crippen LogP contribution in [0.15, 0.2) is 24.4 Å². The molecule has 0 aromatic carbocycles. The summed E-state index contributed by atoms with van der Waals surface area (Å²) in [6.07, 6.45) is 3.97. The molecule has 4 rings (SSSR count). The summed E-state index contributed by atoms with van der Waals surface area (Å²) in [7, 11) is 1.76. The van der Waals surface area contributed by atoms with Gasteiger partial charge in [-0.3, -0.25) is 14.8 Å². The Labute approximate surface area is 157 Å². The molecule has 7 heteroatoms. The van der Waals surface area contributed by atoms with E-state index in [9.17, 15) is 4.79 Å². The molecular weight excluding hydrogens is 348 g/mol. The Kier molecular flexibility index (Phi) is 5.11. The fraction of sp³-hybridized carbons (Fsp3) is 0.579. The number of ether oxygens (including phenoxy) is 1. The van der Waals surface area contributed by atoms with Crippen molar-refractivity contribution in [3.63, 3.8) is 0 Å². The lowest BCUT2D eigenvalue weighted by molar-refractivity contribution is -0.121. The number of hydrogen-bond acceptors (Lipinski definition) is 5. The van der Waals surface area contributed by atoms with Gasteiger partial charge in [-0.2, -0.15) is 5.10 Å². The van der Waals surface area contributed by atoms with E-state index in [1.807, 2.05) is 17.4 Å². The number of thiophene rings is 1. The first-order chi connectivity index (χ1) is 12.6. The van der Waals surface area contributed by atoms with Gasteiger partial charge in [0.2, 0.25) is 5.91 Å². The Morgan fingerprint density at radius 3 is 2.85 bits per heavy atom. The minimum absolute atomic E-state index is 0.0373. The molecule has 2 aromatic rings. The number of H-pyrrole nitrogens is 1. The predicted octanol–water partition coefficient (Wildman–Crippen LogP) is 2.50. The number of carbonyl (C=O) groups excluding carboxylic acids is 1. The fourth-order valence-corrected chi connectivity index (χ4v) is 5.56. The van der Waals surface area contributed by atoms with Crippen molar-refractivity contribution in [1.82, 2.24) is 20.4 Å². The van der Waals surface area contributed by atoms with E-state index in [1.54, 1.807) is 20.2 Å². The number of aromatic nitrogens is 2. The topological polar surface area (TPSA) is 70.2 Å². The monoisotopic (exact) mass is 374 g/mol. The number of nitrogens with one attached hydrogen (secondary N) is 2. The lowest BCUT2D eigenvalue weighted by atomic mass is 9.77. The van der Waals surface area contributed by atoms with Crippen molar-refractivity contribution in [2.75, 3.05) is 20.2 Å². The van der Waals surface area contributed by atoms with Crippen LogP contribution in [-0.2, 0) is 16.1 Å². The molecule has 0 bridgehead atoms. The third kappa shape index (κ3) is 3.70. The lowest BCUT2D eigenvalue weighted by Crippen LogP contribution is -2.49. The van der Waals surface area contributed by atoms with Gasteiger partial charge in [-0.25, -0.2) is 0 Å². The second-order valence-corrected chi connectivity index (χ2v) is 8.67. The Morgan fingerprint density at radius 2 is 2.15 bits per heavy atom. The zero-order valence-electron chi connectivity index (χ0n) is 15.3. The zero-order chi connectivity index (χ0) is 18.1. The largest absolute Gasteiger partial charge is 0.379 e. The Hall–Kier alpha value is -1.70. The van der Waals surface area contributed by atoms with Crippen molar-refractivity contribution >= 4 is 17.2 Å². The number of amides is 1. The highest BCUT2D eigenvalue weighted by Gasteiger charge is 2.42. The highest BCUT2D eigenvalue weighted by atomic mass is 32.1. The third-order valence-corrected chi connectivity index (χ3v) is 6.79. The zero-order valence-corrected chi connectivity index (χ0v) is 16.1. The molecule has 3 heterocycles. The van der Waals surface area contributed by atoms with Gasteiger partial charge in [-0.15, -0.1) is 11.3 Å². The molecule has 2 fully saturated rings. The molecule has 1 saturated carbocycles. The first-order valence-corrected chi connectivity index (χ1v) is 10.0. The van der Waals surface area contributed by atoms with Crippen LogP contribution in [0.1, 0.15) is 24.6 Å². The first-order valence-electron chi connectivity index (χ1n) is 9.23. The van der Waals surface area contributed by atoms with Crippen molar-refractivity contribution in [2.24, 2.45) is 11.8 Å². The van der Waals surface area contributed by atoms with Crippen molar-refractivity contribution in [3.8, 4) is 10.6 Å². The van der Waals surface area contributed by atoms with Crippen LogP contribution in [0.3, 0.4) is 0 Å². The molecular formula is C19H26N4O2S. The minimum atomic E-state index is 0.0373. The number of aromatic amines is 1. The molecule has 2 aromatic heterocycles. The third-order valence-electron chi connectivity index (χ3n) is 5.69. The molecule has 1 aliphatic heterocycles. The maximum absolute atomic E-state index is 11.5. The number of nitrogens with zero attached hydrogens (tertiary/aromatic N) is 2. The molecule has 1 aliphatic carbocycles. The van der Waals surface area contributed by atoms with Crippen molar-refractivity contribution in [1.29, 1.82) is 0 Å². The van der Waals surface area contributed by atoms with Crippen molar-refractivity contribution < 1.29 is 9.53 Å². The minimum Gasteiger partial charge on any atom is -0.379 e. The van der Waals surface area contributed by atoms with Crippen LogP contribution in [0.2, 0.25) is 0 Å². The molecule has 0 radical (unpaired) electrons. The van der Waals surface area contributed by atoms with Crippen LogP contribution in [0.25, 0.3) is 10.6 Å². The first kappa shape index (κ1) is 17.7. The maximum Gasteiger partial charge on any atom is 0.217 e. The van der Waals surface area contributed by atoms with Gasteiger partial charge in [0.15, 0.2) is 0 Å². The molecule has 2 aliphatic rings. The van der Waals surface area contributed by atoms with Crippen LogP contribution < -0.4 is 5.32 Å². The molecule has 6 nitrogen and oxygen atoms in total. The summed E-state index contributed by atoms with van der Waals surface area (Å²) in [5.74, 6) is 1.34. The Balaban J connectivity index is 1.38. The smallest absolute Gasteiger partial charge is 0.217 e. The highest BCUT2D eigenvalue weighted by Crippen LogP contribution is 2.38. The summed E-state index contributed by atoms with van der Waals surface area (Å²) in [6, 6.07) is 6.55. The molecule has 0 unspecified atom stereocenters. The van der Waals surface area contributed by atoms with Crippen molar-refractivity contribution in [3.05, 3.63) is 29.3 Å². The fourth-order valence-electron chi connectivity index (χ4n) is 4.53. The van der Waals surface area contributed by atoms with E-state index in [0.717, 1.165) is 38.2 Å². The molecule has 1 saturated heterocycles. The van der Waals surface area contributed by atoms with E-state index in [4.69, 9.17) is 4.74 Å². The number of rotatable bonds is 5. The summed E-state index contributed by atoms with van der Waals surface area (Å²) in [5.41, 5.74) is 1.08. The Morgan fingerprint density at radius 1 is 1.35 bits per heavy atom. The molecule has 2 N–H and O–H groups in total. The van der Waals surface area contributed by atoms with Gasteiger partial charge in [0.05, 0.1) is 22.7 Å². The van der Waals surface area contributed by atoms with E-state index in [0.29, 0.717) is 11.8 Å². The maximum atomic E-state index is 11.5. The van der Waals surface area contributed by atoms with Gasteiger partial charge in [0, 0.05) is 44.7 Å². The standard InChI is InChI=1S/C19H26N4O2S/c1-12(24)21-17-7-13-9-23(10-14(13)8-18(17)25-2)11-15-3-4-19(26-15)16-5-6-20-22-16/h3-6,13-14,17-18H,7-11H2,1-2H3,(H,20,22)(H,21,24)/t13-,14+,17-,18-/m1/s1. The van der Waals surface area contributed by atoms with E-state index in [2.05, 4.69) is 32.5 Å². The van der Waals surface area contributed by atoms with E-state index < -0.39 is 0 Å². The summed E-state index contributed by atoms with van der Waals surface area (Å²) in [5, 5.41) is 10.2. The predicted molar refractivity (Wildman–Crippen MR) is 102 cm³/mol. The SMILES string of the molecule is CO[C@@H]1C[C@H]2CN(Cc3ccc(-c4ccn[nH]4)s3)C[C@H]2C[C@H]1NC(C)=O. The average molecular weight is 375 g/mol. The lowest BCUT2D eigenvalue weighted by Gasteiger charge is -2.37. The van der Waals surface area contributed by atoms with E-state index >= 15 is 0 Å². The molecule has 0 spiro atoms. The van der Waals surface area contributed by atoms with Gasteiger partial charge < -0.3 is 10.1 Å². The second kappa shape index (κ2) is 7.50. The summed E-state index contributed by atoms with van der Waals surface area (Å²) >= 11 is 1.83. The van der Waals surface area contributed by atoms with Gasteiger partial charge >= 0.3 is 0 Å². The summed E-state index contributed by atoms with van der Waals surface area (Å²) < 4.78 is 5.67. The highest BCUT2D eigenvalue weighted by molar-refractivity contribution is 7.15. The molecule has 140 valence electrons. The van der Waals surface area contributed by atoms with Crippen LogP contribution in [-0.4, -0.2) is 53.3 Å². The summed E-state index contributed by atoms with van der Waals surface area (Å²) in [6.45, 7) is 4.81. The van der Waals surface area contributed by atoms with Crippen LogP contribution >= 0.6 is 11.3 Å². The second-order valence-electron chi connectivity index (χ2n) is 7.50. The van der Waals surface area contributed by atoms with Gasteiger partial charge in [-0.1, -0.05) is 0 Å². The number of hydrogen-bond donors (Lipinski definition) is 2. The van der Waals surface area contributed by atoms with E-state index in [-0.39, 0.29) is 18.1 Å². The number of methoxy groups -OCH3 is 1. The van der Waals surface area contributed by atoms with E-state index in [1.165, 1.54) is 9.75 Å². The van der Waals surface area contributed by atoms with Gasteiger partial charge in [0.25, 0.3) is 0 Å². The molecule has 4 atom stereocenters. The molecule has 26 heavy (non-hydrogen) atoms. The normalized spacial score (nSPS) is 28.8. The molecule has 1 amide bonds. The number of likely N-dealkylation sites (tertiary alicyclic amines) is 1. The summed E-state index contributed by atoms with van der Waals surface area (Å²) in [4.78, 5) is 16.7.